The first kappa shape index (κ1) is 17.1. The van der Waals surface area contributed by atoms with Crippen LogP contribution in [-0.4, -0.2) is 64.4 Å². The summed E-state index contributed by atoms with van der Waals surface area (Å²) < 4.78 is 25.4. The Morgan fingerprint density at radius 3 is 2.56 bits per heavy atom. The molecule has 0 radical (unpaired) electrons. The van der Waals surface area contributed by atoms with Crippen molar-refractivity contribution in [3.63, 3.8) is 0 Å². The highest BCUT2D eigenvalue weighted by Crippen LogP contribution is 2.21. The van der Waals surface area contributed by atoms with Crippen molar-refractivity contribution >= 4 is 23.0 Å². The normalized spacial score (nSPS) is 15.0. The van der Waals surface area contributed by atoms with E-state index < -0.39 is 12.2 Å². The quantitative estimate of drug-likeness (QED) is 0.887. The lowest BCUT2D eigenvalue weighted by Crippen LogP contribution is -2.53. The first-order valence-electron chi connectivity index (χ1n) is 8.09. The van der Waals surface area contributed by atoms with Gasteiger partial charge in [0.15, 0.2) is 5.82 Å². The Bertz CT molecular complexity index is 784. The fourth-order valence-corrected chi connectivity index (χ4v) is 2.82. The molecule has 3 rings (SSSR count). The van der Waals surface area contributed by atoms with Crippen molar-refractivity contribution in [3.05, 3.63) is 29.6 Å². The third-order valence-corrected chi connectivity index (χ3v) is 4.14. The van der Waals surface area contributed by atoms with E-state index in [1.807, 2.05) is 6.92 Å². The maximum absolute atomic E-state index is 12.7. The molecule has 25 heavy (non-hydrogen) atoms. The number of rotatable bonds is 3. The van der Waals surface area contributed by atoms with Gasteiger partial charge >= 0.3 is 6.03 Å². The second-order valence-corrected chi connectivity index (χ2v) is 5.77. The van der Waals surface area contributed by atoms with Gasteiger partial charge in [-0.1, -0.05) is 0 Å². The zero-order valence-corrected chi connectivity index (χ0v) is 13.8. The molecule has 1 aromatic carbocycles. The van der Waals surface area contributed by atoms with E-state index in [1.54, 1.807) is 21.9 Å². The average Bonchev–Trinajstić information content (AvgIpc) is 3.05. The molecule has 1 saturated heterocycles. The van der Waals surface area contributed by atoms with E-state index >= 15 is 0 Å². The molecule has 0 saturated carbocycles. The molecule has 1 aliphatic heterocycles. The maximum Gasteiger partial charge on any atom is 0.317 e. The summed E-state index contributed by atoms with van der Waals surface area (Å²) in [4.78, 5) is 34.0. The Morgan fingerprint density at radius 2 is 1.92 bits per heavy atom. The van der Waals surface area contributed by atoms with E-state index in [9.17, 15) is 18.4 Å². The number of nitrogens with zero attached hydrogens (tertiary/aromatic N) is 3. The van der Waals surface area contributed by atoms with Crippen LogP contribution in [0.1, 0.15) is 29.5 Å². The number of hydrogen-bond acceptors (Lipinski definition) is 3. The van der Waals surface area contributed by atoms with Crippen molar-refractivity contribution in [2.24, 2.45) is 0 Å². The molecular weight excluding hydrogens is 332 g/mol. The highest BCUT2D eigenvalue weighted by atomic mass is 19.3. The third kappa shape index (κ3) is 3.54. The van der Waals surface area contributed by atoms with E-state index in [0.717, 1.165) is 0 Å². The summed E-state index contributed by atoms with van der Waals surface area (Å²) in [6.45, 7) is 4.18. The standard InChI is InChI=1S/C16H19F2N5O2/c1-2-19-16(25)23-7-5-22(6-8-23)15(24)10-3-4-11-12(9-10)21-14(20-11)13(17)18/h3-4,9,13H,2,5-8H2,1H3,(H,19,25)(H,20,21). The van der Waals surface area contributed by atoms with Crippen LogP contribution in [0.4, 0.5) is 13.6 Å². The van der Waals surface area contributed by atoms with Crippen molar-refractivity contribution < 1.29 is 18.4 Å². The van der Waals surface area contributed by atoms with Gasteiger partial charge in [-0.05, 0) is 25.1 Å². The van der Waals surface area contributed by atoms with E-state index in [1.165, 1.54) is 6.07 Å². The molecule has 3 amide bonds. The number of aromatic amines is 1. The minimum atomic E-state index is -2.69. The van der Waals surface area contributed by atoms with Gasteiger partial charge in [-0.15, -0.1) is 0 Å². The van der Waals surface area contributed by atoms with Gasteiger partial charge in [0, 0.05) is 38.3 Å². The summed E-state index contributed by atoms with van der Waals surface area (Å²) in [6, 6.07) is 4.53. The molecule has 1 aliphatic rings. The van der Waals surface area contributed by atoms with Gasteiger partial charge in [0.05, 0.1) is 11.0 Å². The number of benzene rings is 1. The van der Waals surface area contributed by atoms with Crippen molar-refractivity contribution in [2.75, 3.05) is 32.7 Å². The number of imidazole rings is 1. The molecule has 0 unspecified atom stereocenters. The fourth-order valence-electron chi connectivity index (χ4n) is 2.82. The lowest BCUT2D eigenvalue weighted by Gasteiger charge is -2.34. The number of urea groups is 1. The van der Waals surface area contributed by atoms with Crippen LogP contribution in [0.3, 0.4) is 0 Å². The number of carbonyl (C=O) groups is 2. The Balaban J connectivity index is 1.69. The molecule has 2 heterocycles. The molecule has 1 fully saturated rings. The lowest BCUT2D eigenvalue weighted by molar-refractivity contribution is 0.0665. The zero-order valence-electron chi connectivity index (χ0n) is 13.8. The fraction of sp³-hybridized carbons (Fsp3) is 0.438. The van der Waals surface area contributed by atoms with E-state index in [4.69, 9.17) is 0 Å². The Morgan fingerprint density at radius 1 is 1.24 bits per heavy atom. The molecule has 1 aromatic heterocycles. The molecule has 0 spiro atoms. The largest absolute Gasteiger partial charge is 0.338 e. The number of aromatic nitrogens is 2. The minimum absolute atomic E-state index is 0.131. The molecule has 2 N–H and O–H groups in total. The first-order valence-corrected chi connectivity index (χ1v) is 8.09. The predicted molar refractivity (Wildman–Crippen MR) is 87.6 cm³/mol. The van der Waals surface area contributed by atoms with Gasteiger partial charge in [0.2, 0.25) is 0 Å². The Kier molecular flexibility index (Phi) is 4.82. The number of alkyl halides is 2. The van der Waals surface area contributed by atoms with Gasteiger partial charge in [-0.25, -0.2) is 18.6 Å². The molecule has 0 bridgehead atoms. The summed E-state index contributed by atoms with van der Waals surface area (Å²) in [7, 11) is 0. The number of nitrogens with one attached hydrogen (secondary N) is 2. The third-order valence-electron chi connectivity index (χ3n) is 4.14. The van der Waals surface area contributed by atoms with Gasteiger partial charge in [-0.3, -0.25) is 4.79 Å². The molecule has 7 nitrogen and oxygen atoms in total. The predicted octanol–water partition coefficient (Wildman–Crippen LogP) is 1.99. The van der Waals surface area contributed by atoms with Crippen LogP contribution in [0, 0.1) is 0 Å². The van der Waals surface area contributed by atoms with Gasteiger partial charge in [0.1, 0.15) is 0 Å². The van der Waals surface area contributed by atoms with E-state index in [2.05, 4.69) is 15.3 Å². The summed E-state index contributed by atoms with van der Waals surface area (Å²) >= 11 is 0. The number of carbonyl (C=O) groups excluding carboxylic acids is 2. The minimum Gasteiger partial charge on any atom is -0.338 e. The monoisotopic (exact) mass is 351 g/mol. The maximum atomic E-state index is 12.7. The molecular formula is C16H19F2N5O2. The topological polar surface area (TPSA) is 81.3 Å². The molecule has 9 heteroatoms. The van der Waals surface area contributed by atoms with Crippen molar-refractivity contribution in [1.82, 2.24) is 25.1 Å². The van der Waals surface area contributed by atoms with Crippen LogP contribution in [0.5, 0.6) is 0 Å². The number of fused-ring (bicyclic) bond motifs is 1. The van der Waals surface area contributed by atoms with Crippen molar-refractivity contribution in [1.29, 1.82) is 0 Å². The van der Waals surface area contributed by atoms with E-state index in [-0.39, 0.29) is 11.9 Å². The second-order valence-electron chi connectivity index (χ2n) is 5.77. The average molecular weight is 351 g/mol. The van der Waals surface area contributed by atoms with Crippen molar-refractivity contribution in [3.8, 4) is 0 Å². The van der Waals surface area contributed by atoms with Crippen LogP contribution < -0.4 is 5.32 Å². The second kappa shape index (κ2) is 7.04. The van der Waals surface area contributed by atoms with Crippen LogP contribution in [0.15, 0.2) is 18.2 Å². The van der Waals surface area contributed by atoms with Crippen LogP contribution in [0.2, 0.25) is 0 Å². The number of H-pyrrole nitrogens is 1. The molecule has 2 aromatic rings. The highest BCUT2D eigenvalue weighted by molar-refractivity contribution is 5.97. The molecule has 0 aliphatic carbocycles. The Labute approximate surface area is 143 Å². The highest BCUT2D eigenvalue weighted by Gasteiger charge is 2.25. The molecule has 134 valence electrons. The zero-order chi connectivity index (χ0) is 18.0. The first-order chi connectivity index (χ1) is 12.0. The lowest BCUT2D eigenvalue weighted by atomic mass is 10.1. The summed E-state index contributed by atoms with van der Waals surface area (Å²) in [5, 5.41) is 2.73. The van der Waals surface area contributed by atoms with Gasteiger partial charge in [0.25, 0.3) is 12.3 Å². The summed E-state index contributed by atoms with van der Waals surface area (Å²) in [6.07, 6.45) is -2.69. The number of amides is 3. The Hall–Kier alpha value is -2.71. The summed E-state index contributed by atoms with van der Waals surface area (Å²) in [5.74, 6) is -0.596. The van der Waals surface area contributed by atoms with Crippen molar-refractivity contribution in [2.45, 2.75) is 13.3 Å². The van der Waals surface area contributed by atoms with Gasteiger partial charge in [-0.2, -0.15) is 0 Å². The summed E-state index contributed by atoms with van der Waals surface area (Å²) in [5.41, 5.74) is 1.21. The van der Waals surface area contributed by atoms with Gasteiger partial charge < -0.3 is 20.1 Å². The number of hydrogen-bond donors (Lipinski definition) is 2. The number of piperazine rings is 1. The number of halogens is 2. The van der Waals surface area contributed by atoms with Crippen LogP contribution >= 0.6 is 0 Å². The smallest absolute Gasteiger partial charge is 0.317 e. The van der Waals surface area contributed by atoms with Crippen LogP contribution in [0.25, 0.3) is 11.0 Å². The van der Waals surface area contributed by atoms with E-state index in [0.29, 0.717) is 49.3 Å². The van der Waals surface area contributed by atoms with Crippen LogP contribution in [-0.2, 0) is 0 Å². The SMILES string of the molecule is CCNC(=O)N1CCN(C(=O)c2ccc3nc(C(F)F)[nH]c3c2)CC1. The molecule has 0 atom stereocenters.